The minimum absolute atomic E-state index is 0.111. The van der Waals surface area contributed by atoms with Crippen LogP contribution in [0.4, 0.5) is 0 Å². The minimum atomic E-state index is -0.131. The van der Waals surface area contributed by atoms with Crippen molar-refractivity contribution in [2.75, 3.05) is 40.6 Å². The van der Waals surface area contributed by atoms with Crippen LogP contribution in [-0.2, 0) is 9.47 Å². The Morgan fingerprint density at radius 1 is 1.40 bits per heavy atom. The van der Waals surface area contributed by atoms with Crippen LogP contribution in [-0.4, -0.2) is 56.7 Å². The Labute approximate surface area is 118 Å². The van der Waals surface area contributed by atoms with E-state index in [0.29, 0.717) is 37.3 Å². The van der Waals surface area contributed by atoms with Crippen LogP contribution < -0.4 is 14.8 Å². The molecule has 7 nitrogen and oxygen atoms in total. The van der Waals surface area contributed by atoms with Gasteiger partial charge < -0.3 is 24.3 Å². The lowest BCUT2D eigenvalue weighted by atomic mass is 10.1. The van der Waals surface area contributed by atoms with Gasteiger partial charge in [0.25, 0.3) is 0 Å². The molecule has 20 heavy (non-hydrogen) atoms. The van der Waals surface area contributed by atoms with E-state index in [1.165, 1.54) is 0 Å². The number of aromatic nitrogens is 2. The predicted molar refractivity (Wildman–Crippen MR) is 72.1 cm³/mol. The van der Waals surface area contributed by atoms with E-state index >= 15 is 0 Å². The first kappa shape index (κ1) is 15.0. The molecular weight excluding hydrogens is 262 g/mol. The Hall–Kier alpha value is -1.44. The van der Waals surface area contributed by atoms with Gasteiger partial charge in [-0.25, -0.2) is 4.98 Å². The predicted octanol–water partition coefficient (Wildman–Crippen LogP) is 0.560. The summed E-state index contributed by atoms with van der Waals surface area (Å²) in [6, 6.07) is -0.131. The van der Waals surface area contributed by atoms with Crippen molar-refractivity contribution in [1.82, 2.24) is 15.3 Å². The van der Waals surface area contributed by atoms with Gasteiger partial charge in [0.15, 0.2) is 0 Å². The first-order chi connectivity index (χ1) is 9.80. The molecule has 2 unspecified atom stereocenters. The van der Waals surface area contributed by atoms with Crippen molar-refractivity contribution in [3.8, 4) is 11.8 Å². The molecule has 1 aromatic rings. The third-order valence-corrected chi connectivity index (χ3v) is 3.08. The lowest BCUT2D eigenvalue weighted by Crippen LogP contribution is -2.41. The first-order valence-electron chi connectivity index (χ1n) is 6.67. The molecule has 1 aromatic heterocycles. The summed E-state index contributed by atoms with van der Waals surface area (Å²) in [4.78, 5) is 8.67. The van der Waals surface area contributed by atoms with Crippen molar-refractivity contribution in [3.05, 3.63) is 11.9 Å². The molecule has 0 spiro atoms. The minimum Gasteiger partial charge on any atom is -0.480 e. The fraction of sp³-hybridized carbons (Fsp3) is 0.692. The van der Waals surface area contributed by atoms with Crippen LogP contribution in [0.15, 0.2) is 6.20 Å². The molecule has 7 heteroatoms. The normalized spacial score (nSPS) is 20.4. The molecule has 0 amide bonds. The zero-order valence-corrected chi connectivity index (χ0v) is 12.1. The van der Waals surface area contributed by atoms with E-state index in [9.17, 15) is 0 Å². The summed E-state index contributed by atoms with van der Waals surface area (Å²) in [5.74, 6) is 0.853. The van der Waals surface area contributed by atoms with E-state index in [-0.39, 0.29) is 12.1 Å². The van der Waals surface area contributed by atoms with Gasteiger partial charge in [-0.2, -0.15) is 4.98 Å². The standard InChI is InChI=1S/C13H21N3O4/c1-4-14-11(9-8-19-5-6-20-9)12-13(18-3)16-10(17-2)7-15-12/h7,9,11,14H,4-6,8H2,1-3H3. The van der Waals surface area contributed by atoms with Gasteiger partial charge in [-0.1, -0.05) is 6.92 Å². The highest BCUT2D eigenvalue weighted by Gasteiger charge is 2.30. The number of nitrogens with one attached hydrogen (secondary N) is 1. The van der Waals surface area contributed by atoms with Gasteiger partial charge >= 0.3 is 0 Å². The summed E-state index contributed by atoms with van der Waals surface area (Å²) in [6.07, 6.45) is 1.46. The molecule has 2 rings (SSSR count). The maximum absolute atomic E-state index is 5.76. The van der Waals surface area contributed by atoms with Crippen molar-refractivity contribution < 1.29 is 18.9 Å². The van der Waals surface area contributed by atoms with Crippen molar-refractivity contribution in [2.45, 2.75) is 19.1 Å². The molecule has 1 saturated heterocycles. The average molecular weight is 283 g/mol. The second-order valence-corrected chi connectivity index (χ2v) is 4.33. The van der Waals surface area contributed by atoms with Crippen molar-refractivity contribution in [1.29, 1.82) is 0 Å². The number of rotatable bonds is 6. The lowest BCUT2D eigenvalue weighted by Gasteiger charge is -2.30. The summed E-state index contributed by atoms with van der Waals surface area (Å²) < 4.78 is 21.6. The molecule has 2 heterocycles. The maximum atomic E-state index is 5.76. The molecule has 1 aliphatic heterocycles. The smallest absolute Gasteiger partial charge is 0.240 e. The van der Waals surface area contributed by atoms with Crippen molar-refractivity contribution in [2.24, 2.45) is 0 Å². The van der Waals surface area contributed by atoms with Gasteiger partial charge in [-0.15, -0.1) is 0 Å². The van der Waals surface area contributed by atoms with Crippen LogP contribution in [0.3, 0.4) is 0 Å². The van der Waals surface area contributed by atoms with Gasteiger partial charge in [0.1, 0.15) is 11.8 Å². The van der Waals surface area contributed by atoms with Crippen LogP contribution in [0.1, 0.15) is 18.7 Å². The van der Waals surface area contributed by atoms with Gasteiger partial charge in [0.05, 0.1) is 46.3 Å². The van der Waals surface area contributed by atoms with Crippen LogP contribution >= 0.6 is 0 Å². The second kappa shape index (κ2) is 7.37. The van der Waals surface area contributed by atoms with Gasteiger partial charge in [0.2, 0.25) is 11.8 Å². The molecule has 112 valence electrons. The number of likely N-dealkylation sites (N-methyl/N-ethyl adjacent to an activating group) is 1. The van der Waals surface area contributed by atoms with E-state index < -0.39 is 0 Å². The molecule has 1 aliphatic rings. The van der Waals surface area contributed by atoms with E-state index in [0.717, 1.165) is 6.54 Å². The molecule has 1 fully saturated rings. The Bertz CT molecular complexity index is 424. The fourth-order valence-electron chi connectivity index (χ4n) is 2.15. The Morgan fingerprint density at radius 3 is 2.85 bits per heavy atom. The highest BCUT2D eigenvalue weighted by Crippen LogP contribution is 2.27. The van der Waals surface area contributed by atoms with Gasteiger partial charge in [0, 0.05) is 0 Å². The highest BCUT2D eigenvalue weighted by molar-refractivity contribution is 5.26. The summed E-state index contributed by atoms with van der Waals surface area (Å²) in [7, 11) is 3.11. The van der Waals surface area contributed by atoms with Gasteiger partial charge in [-0.05, 0) is 6.54 Å². The van der Waals surface area contributed by atoms with Crippen LogP contribution in [0.2, 0.25) is 0 Å². The van der Waals surface area contributed by atoms with Crippen LogP contribution in [0.5, 0.6) is 11.8 Å². The zero-order valence-electron chi connectivity index (χ0n) is 12.1. The zero-order chi connectivity index (χ0) is 14.4. The highest BCUT2D eigenvalue weighted by atomic mass is 16.6. The SMILES string of the molecule is CCNC(c1ncc(OC)nc1OC)C1COCCO1. The number of nitrogens with zero attached hydrogens (tertiary/aromatic N) is 2. The molecule has 2 atom stereocenters. The molecule has 0 saturated carbocycles. The number of ether oxygens (including phenoxy) is 4. The second-order valence-electron chi connectivity index (χ2n) is 4.33. The Kier molecular flexibility index (Phi) is 5.51. The summed E-state index contributed by atoms with van der Waals surface area (Å²) in [5, 5.41) is 3.35. The van der Waals surface area contributed by atoms with Crippen molar-refractivity contribution >= 4 is 0 Å². The summed E-state index contributed by atoms with van der Waals surface area (Å²) >= 11 is 0. The molecule has 1 N–H and O–H groups in total. The fourth-order valence-corrected chi connectivity index (χ4v) is 2.15. The Morgan fingerprint density at radius 2 is 2.25 bits per heavy atom. The topological polar surface area (TPSA) is 74.7 Å². The monoisotopic (exact) mass is 283 g/mol. The van der Waals surface area contributed by atoms with E-state index in [1.54, 1.807) is 20.4 Å². The largest absolute Gasteiger partial charge is 0.480 e. The maximum Gasteiger partial charge on any atom is 0.240 e. The average Bonchev–Trinajstić information content (AvgIpc) is 2.53. The molecule has 0 bridgehead atoms. The number of hydrogen-bond donors (Lipinski definition) is 1. The van der Waals surface area contributed by atoms with E-state index in [1.807, 2.05) is 6.92 Å². The quantitative estimate of drug-likeness (QED) is 0.817. The molecule has 0 radical (unpaired) electrons. The number of methoxy groups -OCH3 is 2. The van der Waals surface area contributed by atoms with Crippen LogP contribution in [0.25, 0.3) is 0 Å². The summed E-state index contributed by atoms with van der Waals surface area (Å²) in [6.45, 7) is 4.54. The molecular formula is C13H21N3O4. The third-order valence-electron chi connectivity index (χ3n) is 3.08. The number of hydrogen-bond acceptors (Lipinski definition) is 7. The van der Waals surface area contributed by atoms with Crippen molar-refractivity contribution in [3.63, 3.8) is 0 Å². The Balaban J connectivity index is 2.27. The molecule has 0 aliphatic carbocycles. The van der Waals surface area contributed by atoms with E-state index in [4.69, 9.17) is 18.9 Å². The first-order valence-corrected chi connectivity index (χ1v) is 6.67. The molecule has 0 aromatic carbocycles. The van der Waals surface area contributed by atoms with Gasteiger partial charge in [-0.3, -0.25) is 0 Å². The summed E-state index contributed by atoms with van der Waals surface area (Å²) in [5.41, 5.74) is 0.700. The third kappa shape index (κ3) is 3.36. The van der Waals surface area contributed by atoms with Crippen LogP contribution in [0, 0.1) is 0 Å². The van der Waals surface area contributed by atoms with E-state index in [2.05, 4.69) is 15.3 Å². The lowest BCUT2D eigenvalue weighted by molar-refractivity contribution is -0.103.